The average Bonchev–Trinajstić information content (AvgIpc) is 3.70. The van der Waals surface area contributed by atoms with Gasteiger partial charge in [0.25, 0.3) is 11.8 Å². The third-order valence-electron chi connectivity index (χ3n) is 11.9. The summed E-state index contributed by atoms with van der Waals surface area (Å²) < 4.78 is 53.7. The van der Waals surface area contributed by atoms with Crippen LogP contribution in [-0.4, -0.2) is 124 Å². The molecule has 2 aromatic rings. The number of Topliss-reactive ketones (excluding diaryl/α,β-unsaturated/α-hetero) is 1. The lowest BCUT2D eigenvalue weighted by atomic mass is 9.84. The zero-order valence-corrected chi connectivity index (χ0v) is 34.1. The molecule has 0 radical (unpaired) electrons. The van der Waals surface area contributed by atoms with Crippen LogP contribution in [0.25, 0.3) is 0 Å². The maximum atomic E-state index is 14.9. The number of aromatic nitrogens is 3. The Morgan fingerprint density at radius 3 is 2.25 bits per heavy atom. The van der Waals surface area contributed by atoms with E-state index in [1.807, 2.05) is 0 Å². The molecule has 2 unspecified atom stereocenters. The average molecular weight is 833 g/mol. The fourth-order valence-corrected chi connectivity index (χ4v) is 11.2. The van der Waals surface area contributed by atoms with Gasteiger partial charge in [-0.15, -0.1) is 5.10 Å². The summed E-state index contributed by atoms with van der Waals surface area (Å²) in [4.78, 5) is 69.8. The summed E-state index contributed by atoms with van der Waals surface area (Å²) in [6.07, 6.45) is 6.89. The number of aliphatic hydroxyl groups is 1. The molecule has 1 aromatic carbocycles. The number of sulfone groups is 1. The summed E-state index contributed by atoms with van der Waals surface area (Å²) in [5.74, 6) is -5.45. The van der Waals surface area contributed by atoms with Crippen LogP contribution in [-0.2, 0) is 44.6 Å². The first kappa shape index (κ1) is 42.3. The number of rotatable bonds is 14. The Balaban J connectivity index is 1.31. The van der Waals surface area contributed by atoms with E-state index in [0.29, 0.717) is 5.69 Å². The molecule has 3 atom stereocenters. The molecule has 18 nitrogen and oxygen atoms in total. The molecule has 6 rings (SSSR count). The Hall–Kier alpha value is -4.27. The lowest BCUT2D eigenvalue weighted by molar-refractivity contribution is -0.145. The van der Waals surface area contributed by atoms with Crippen LogP contribution in [0.4, 0.5) is 0 Å². The molecular weight excluding hydrogens is 781 g/mol. The lowest BCUT2D eigenvalue weighted by Gasteiger charge is -2.37. The molecule has 2 saturated carbocycles. The SMILES string of the molecule is CN(C1CC1)S(=O)(=O)c1ccc(C(=O)N[C@H](CC2CCCCC2)C(=O)N2CC(n3nncc3C(C)(C)O)CC2C(=O)NC2(C(=O)C(N)=O)CCS(=O)(=O)CC2)cc1. The number of hydrogen-bond donors (Lipinski definition) is 4. The van der Waals surface area contributed by atoms with E-state index in [-0.39, 0.29) is 41.8 Å². The van der Waals surface area contributed by atoms with Crippen molar-refractivity contribution in [3.05, 3.63) is 41.7 Å². The van der Waals surface area contributed by atoms with Crippen molar-refractivity contribution in [3.63, 3.8) is 0 Å². The molecule has 2 aliphatic heterocycles. The third-order valence-corrected chi connectivity index (χ3v) is 15.4. The first-order valence-electron chi connectivity index (χ1n) is 19.4. The number of nitrogens with zero attached hydrogens (tertiary/aromatic N) is 5. The van der Waals surface area contributed by atoms with Gasteiger partial charge in [0.15, 0.2) is 9.84 Å². The highest BCUT2D eigenvalue weighted by molar-refractivity contribution is 7.91. The molecule has 4 aliphatic rings. The lowest BCUT2D eigenvalue weighted by Crippen LogP contribution is -2.64. The Labute approximate surface area is 332 Å². The molecule has 2 saturated heterocycles. The van der Waals surface area contributed by atoms with E-state index in [1.54, 1.807) is 0 Å². The molecule has 57 heavy (non-hydrogen) atoms. The number of nitrogens with two attached hydrogens (primary N) is 1. The topological polar surface area (TPSA) is 261 Å². The van der Waals surface area contributed by atoms with Crippen molar-refractivity contribution in [1.29, 1.82) is 0 Å². The fraction of sp³-hybridized carbons (Fsp3) is 0.649. The molecule has 4 fully saturated rings. The van der Waals surface area contributed by atoms with Crippen LogP contribution >= 0.6 is 0 Å². The predicted molar refractivity (Wildman–Crippen MR) is 204 cm³/mol. The van der Waals surface area contributed by atoms with Crippen molar-refractivity contribution >= 4 is 49.3 Å². The number of benzene rings is 1. The molecule has 1 aromatic heterocycles. The van der Waals surface area contributed by atoms with E-state index in [9.17, 15) is 45.9 Å². The van der Waals surface area contributed by atoms with Crippen LogP contribution in [0.2, 0.25) is 0 Å². The van der Waals surface area contributed by atoms with E-state index in [1.165, 1.54) is 65.2 Å². The normalized spacial score (nSPS) is 23.1. The van der Waals surface area contributed by atoms with E-state index in [0.717, 1.165) is 44.9 Å². The van der Waals surface area contributed by atoms with Crippen LogP contribution < -0.4 is 16.4 Å². The largest absolute Gasteiger partial charge is 0.384 e. The van der Waals surface area contributed by atoms with Crippen LogP contribution in [0.3, 0.4) is 0 Å². The number of carbonyl (C=O) groups is 5. The van der Waals surface area contributed by atoms with Crippen molar-refractivity contribution in [2.75, 3.05) is 25.1 Å². The summed E-state index contributed by atoms with van der Waals surface area (Å²) in [5, 5.41) is 24.5. The Morgan fingerprint density at radius 1 is 1.04 bits per heavy atom. The Bertz CT molecular complexity index is 2090. The quantitative estimate of drug-likeness (QED) is 0.188. The molecule has 0 spiro atoms. The summed E-state index contributed by atoms with van der Waals surface area (Å²) in [6.45, 7) is 2.94. The van der Waals surface area contributed by atoms with Crippen molar-refractivity contribution in [2.45, 2.75) is 125 Å². The first-order chi connectivity index (χ1) is 26.7. The minimum absolute atomic E-state index is 0.0296. The predicted octanol–water partition coefficient (Wildman–Crippen LogP) is 0.317. The van der Waals surface area contributed by atoms with Gasteiger partial charge in [0.2, 0.25) is 27.6 Å². The molecule has 312 valence electrons. The van der Waals surface area contributed by atoms with Gasteiger partial charge in [-0.25, -0.2) is 21.5 Å². The van der Waals surface area contributed by atoms with E-state index >= 15 is 0 Å². The zero-order chi connectivity index (χ0) is 41.5. The molecule has 3 heterocycles. The van der Waals surface area contributed by atoms with Gasteiger partial charge in [0, 0.05) is 31.6 Å². The second-order valence-corrected chi connectivity index (χ2v) is 20.8. The smallest absolute Gasteiger partial charge is 0.287 e. The third kappa shape index (κ3) is 9.23. The van der Waals surface area contributed by atoms with Gasteiger partial charge in [-0.2, -0.15) is 4.31 Å². The minimum atomic E-state index is -3.77. The number of ketones is 1. The van der Waals surface area contributed by atoms with Crippen LogP contribution in [0.5, 0.6) is 0 Å². The maximum absolute atomic E-state index is 14.9. The monoisotopic (exact) mass is 832 g/mol. The van der Waals surface area contributed by atoms with E-state index in [2.05, 4.69) is 20.9 Å². The standard InChI is InChI=1S/C37H52N8O10S2/c1-36(2,51)30-21-39-42-45(30)26-20-29(34(49)41-37(31(46)32(38)47)15-17-56(52,53)18-16-37)44(22-26)35(50)28(19-23-7-5-4-6-8-23)40-33(48)24-9-13-27(14-10-24)57(54,55)43(3)25-11-12-25/h9-10,13-14,21,23,25-26,28-29,51H,4-8,11-12,15-20,22H2,1-3H3,(H2,38,47)(H,40,48)(H,41,49)/t26?,28-,29?/m1/s1. The second-order valence-electron chi connectivity index (χ2n) is 16.5. The highest BCUT2D eigenvalue weighted by Gasteiger charge is 2.51. The zero-order valence-electron chi connectivity index (χ0n) is 32.4. The summed E-state index contributed by atoms with van der Waals surface area (Å²) in [5.41, 5.74) is 2.47. The summed E-state index contributed by atoms with van der Waals surface area (Å²) >= 11 is 0. The number of carbonyl (C=O) groups excluding carboxylic acids is 5. The molecule has 5 N–H and O–H groups in total. The van der Waals surface area contributed by atoms with Crippen molar-refractivity contribution in [2.24, 2.45) is 11.7 Å². The fourth-order valence-electron chi connectivity index (χ4n) is 8.28. The van der Waals surface area contributed by atoms with Crippen LogP contribution in [0, 0.1) is 5.92 Å². The molecular formula is C37H52N8O10S2. The van der Waals surface area contributed by atoms with Gasteiger partial charge in [0.1, 0.15) is 23.2 Å². The van der Waals surface area contributed by atoms with Crippen molar-refractivity contribution in [1.82, 2.24) is 34.8 Å². The Kier molecular flexibility index (Phi) is 12.0. The number of amides is 4. The highest BCUT2D eigenvalue weighted by Crippen LogP contribution is 2.35. The first-order valence-corrected chi connectivity index (χ1v) is 22.7. The van der Waals surface area contributed by atoms with Crippen molar-refractivity contribution in [3.8, 4) is 0 Å². The van der Waals surface area contributed by atoms with Crippen LogP contribution in [0.1, 0.15) is 107 Å². The number of likely N-dealkylation sites (tertiary alicyclic amines) is 1. The van der Waals surface area contributed by atoms with Gasteiger partial charge < -0.3 is 26.4 Å². The van der Waals surface area contributed by atoms with Crippen LogP contribution in [0.15, 0.2) is 35.4 Å². The number of sulfonamides is 1. The van der Waals surface area contributed by atoms with E-state index < -0.39 is 103 Å². The second kappa shape index (κ2) is 16.2. The van der Waals surface area contributed by atoms with E-state index in [4.69, 9.17) is 5.73 Å². The Morgan fingerprint density at radius 2 is 1.67 bits per heavy atom. The maximum Gasteiger partial charge on any atom is 0.287 e. The summed E-state index contributed by atoms with van der Waals surface area (Å²) in [7, 11) is -5.80. The number of hydrogen-bond acceptors (Lipinski definition) is 12. The number of primary amides is 1. The molecule has 20 heteroatoms. The van der Waals surface area contributed by atoms with Gasteiger partial charge >= 0.3 is 0 Å². The van der Waals surface area contributed by atoms with Crippen molar-refractivity contribution < 1.29 is 45.9 Å². The molecule has 0 bridgehead atoms. The van der Waals surface area contributed by atoms with Gasteiger partial charge in [-0.1, -0.05) is 37.3 Å². The molecule has 4 amide bonds. The van der Waals surface area contributed by atoms with Gasteiger partial charge in [-0.3, -0.25) is 24.0 Å². The van der Waals surface area contributed by atoms with Gasteiger partial charge in [0.05, 0.1) is 34.3 Å². The minimum Gasteiger partial charge on any atom is -0.384 e. The highest BCUT2D eigenvalue weighted by atomic mass is 32.2. The van der Waals surface area contributed by atoms with Gasteiger partial charge in [-0.05, 0) is 76.1 Å². The number of nitrogens with one attached hydrogen (secondary N) is 2. The molecule has 2 aliphatic carbocycles. The summed E-state index contributed by atoms with van der Waals surface area (Å²) in [6, 6.07) is 2.28.